The van der Waals surface area contributed by atoms with Crippen LogP contribution in [-0.4, -0.2) is 19.6 Å². The number of rotatable bonds is 6. The molecule has 1 atom stereocenters. The van der Waals surface area contributed by atoms with Crippen molar-refractivity contribution in [2.24, 2.45) is 0 Å². The highest BCUT2D eigenvalue weighted by Crippen LogP contribution is 2.28. The van der Waals surface area contributed by atoms with E-state index in [2.05, 4.69) is 5.32 Å². The third kappa shape index (κ3) is 3.77. The maximum absolute atomic E-state index is 12.3. The fourth-order valence-corrected chi connectivity index (χ4v) is 2.56. The molecule has 0 saturated carbocycles. The van der Waals surface area contributed by atoms with Gasteiger partial charge in [-0.2, -0.15) is 5.26 Å². The Balaban J connectivity index is 2.16. The molecule has 23 heavy (non-hydrogen) atoms. The lowest BCUT2D eigenvalue weighted by atomic mass is 9.90. The van der Waals surface area contributed by atoms with Crippen molar-refractivity contribution in [1.82, 2.24) is 5.32 Å². The van der Waals surface area contributed by atoms with E-state index in [-0.39, 0.29) is 5.91 Å². The van der Waals surface area contributed by atoms with Gasteiger partial charge < -0.3 is 10.1 Å². The number of benzene rings is 2. The molecule has 1 N–H and O–H groups in total. The number of hydrogen-bond acceptors (Lipinski definition) is 3. The summed E-state index contributed by atoms with van der Waals surface area (Å²) in [5, 5.41) is 11.8. The number of ether oxygens (including phenoxy) is 1. The van der Waals surface area contributed by atoms with Crippen LogP contribution in [0.25, 0.3) is 0 Å². The summed E-state index contributed by atoms with van der Waals surface area (Å²) in [6.45, 7) is 2.39. The van der Waals surface area contributed by atoms with Crippen LogP contribution in [0.4, 0.5) is 0 Å². The molecule has 4 heteroatoms. The summed E-state index contributed by atoms with van der Waals surface area (Å²) in [5.74, 6) is -0.215. The van der Waals surface area contributed by atoms with Crippen LogP contribution >= 0.6 is 0 Å². The number of amides is 1. The van der Waals surface area contributed by atoms with Gasteiger partial charge >= 0.3 is 0 Å². The molecule has 1 amide bonds. The van der Waals surface area contributed by atoms with Gasteiger partial charge in [0, 0.05) is 12.7 Å². The SMILES string of the molecule is CC[C@](CNC(=O)c1cccc(C#N)c1)(OC)c1ccccc1. The third-order valence-corrected chi connectivity index (χ3v) is 4.05. The van der Waals surface area contributed by atoms with E-state index in [9.17, 15) is 4.79 Å². The molecule has 0 bridgehead atoms. The van der Waals surface area contributed by atoms with Crippen LogP contribution in [0.15, 0.2) is 54.6 Å². The largest absolute Gasteiger partial charge is 0.372 e. The quantitative estimate of drug-likeness (QED) is 0.891. The maximum Gasteiger partial charge on any atom is 0.251 e. The molecular weight excluding hydrogens is 288 g/mol. The van der Waals surface area contributed by atoms with Crippen molar-refractivity contribution in [3.8, 4) is 6.07 Å². The number of carbonyl (C=O) groups is 1. The monoisotopic (exact) mass is 308 g/mol. The van der Waals surface area contributed by atoms with Crippen molar-refractivity contribution < 1.29 is 9.53 Å². The van der Waals surface area contributed by atoms with Gasteiger partial charge in [0.2, 0.25) is 0 Å². The second-order valence-corrected chi connectivity index (χ2v) is 5.29. The Labute approximate surface area is 136 Å². The molecule has 118 valence electrons. The lowest BCUT2D eigenvalue weighted by Crippen LogP contribution is -2.41. The summed E-state index contributed by atoms with van der Waals surface area (Å²) < 4.78 is 5.74. The maximum atomic E-state index is 12.3. The molecule has 0 unspecified atom stereocenters. The molecular formula is C19H20N2O2. The van der Waals surface area contributed by atoms with Crippen LogP contribution in [0.5, 0.6) is 0 Å². The van der Waals surface area contributed by atoms with Gasteiger partial charge in [-0.25, -0.2) is 0 Å². The van der Waals surface area contributed by atoms with Gasteiger partial charge in [-0.1, -0.05) is 43.3 Å². The van der Waals surface area contributed by atoms with Crippen LogP contribution in [-0.2, 0) is 10.3 Å². The molecule has 0 heterocycles. The molecule has 2 rings (SSSR count). The molecule has 2 aromatic rings. The van der Waals surface area contributed by atoms with Crippen molar-refractivity contribution in [2.45, 2.75) is 18.9 Å². The predicted octanol–water partition coefficient (Wildman–Crippen LogP) is 3.24. The molecule has 0 aliphatic carbocycles. The Morgan fingerprint density at radius 3 is 2.57 bits per heavy atom. The number of nitrogens with one attached hydrogen (secondary N) is 1. The van der Waals surface area contributed by atoms with E-state index in [1.54, 1.807) is 31.4 Å². The predicted molar refractivity (Wildman–Crippen MR) is 88.9 cm³/mol. The normalized spacial score (nSPS) is 12.9. The summed E-state index contributed by atoms with van der Waals surface area (Å²) in [6, 6.07) is 18.5. The number of nitrogens with zero attached hydrogens (tertiary/aromatic N) is 1. The van der Waals surface area contributed by atoms with Crippen molar-refractivity contribution in [2.75, 3.05) is 13.7 Å². The topological polar surface area (TPSA) is 62.1 Å². The molecule has 0 aliphatic heterocycles. The Morgan fingerprint density at radius 1 is 1.22 bits per heavy atom. The number of methoxy groups -OCH3 is 1. The molecule has 0 aliphatic rings. The highest BCUT2D eigenvalue weighted by molar-refractivity contribution is 5.94. The number of nitriles is 1. The fraction of sp³-hybridized carbons (Fsp3) is 0.263. The lowest BCUT2D eigenvalue weighted by Gasteiger charge is -2.32. The minimum atomic E-state index is -0.566. The zero-order valence-electron chi connectivity index (χ0n) is 13.4. The van der Waals surface area contributed by atoms with E-state index in [1.165, 1.54) is 0 Å². The average molecular weight is 308 g/mol. The van der Waals surface area contributed by atoms with Gasteiger partial charge in [-0.3, -0.25) is 4.79 Å². The second kappa shape index (κ2) is 7.57. The molecule has 0 fully saturated rings. The Morgan fingerprint density at radius 2 is 1.96 bits per heavy atom. The van der Waals surface area contributed by atoms with Crippen molar-refractivity contribution in [3.63, 3.8) is 0 Å². The molecule has 0 aromatic heterocycles. The van der Waals surface area contributed by atoms with Crippen molar-refractivity contribution in [3.05, 3.63) is 71.3 Å². The standard InChI is InChI=1S/C19H20N2O2/c1-3-19(23-2,17-10-5-4-6-11-17)14-21-18(22)16-9-7-8-15(12-16)13-20/h4-12H,3,14H2,1-2H3,(H,21,22)/t19-/m1/s1. The fourth-order valence-electron chi connectivity index (χ4n) is 2.56. The summed E-state index contributed by atoms with van der Waals surface area (Å²) >= 11 is 0. The Bertz CT molecular complexity index is 701. The first-order valence-corrected chi connectivity index (χ1v) is 7.54. The summed E-state index contributed by atoms with van der Waals surface area (Å²) in [5.41, 5.74) is 1.40. The average Bonchev–Trinajstić information content (AvgIpc) is 2.63. The van der Waals surface area contributed by atoms with E-state index in [0.717, 1.165) is 12.0 Å². The first kappa shape index (κ1) is 16.7. The van der Waals surface area contributed by atoms with Crippen molar-refractivity contribution >= 4 is 5.91 Å². The highest BCUT2D eigenvalue weighted by Gasteiger charge is 2.30. The van der Waals surface area contributed by atoms with Crippen molar-refractivity contribution in [1.29, 1.82) is 5.26 Å². The van der Waals surface area contributed by atoms with Gasteiger partial charge in [-0.15, -0.1) is 0 Å². The minimum absolute atomic E-state index is 0.215. The number of carbonyl (C=O) groups excluding carboxylic acids is 1. The van der Waals surface area contributed by atoms with Gasteiger partial charge in [0.1, 0.15) is 5.60 Å². The van der Waals surface area contributed by atoms with Crippen LogP contribution < -0.4 is 5.32 Å². The molecule has 0 saturated heterocycles. The van der Waals surface area contributed by atoms with E-state index in [1.807, 2.05) is 43.3 Å². The number of hydrogen-bond donors (Lipinski definition) is 1. The summed E-state index contributed by atoms with van der Waals surface area (Å²) in [4.78, 5) is 12.3. The van der Waals surface area contributed by atoms with E-state index >= 15 is 0 Å². The van der Waals surface area contributed by atoms with Gasteiger partial charge in [0.15, 0.2) is 0 Å². The van der Waals surface area contributed by atoms with Crippen LogP contribution in [0.3, 0.4) is 0 Å². The zero-order valence-corrected chi connectivity index (χ0v) is 13.4. The third-order valence-electron chi connectivity index (χ3n) is 4.05. The van der Waals surface area contributed by atoms with E-state index in [0.29, 0.717) is 17.7 Å². The lowest BCUT2D eigenvalue weighted by molar-refractivity contribution is -0.0164. The first-order valence-electron chi connectivity index (χ1n) is 7.54. The summed E-state index contributed by atoms with van der Waals surface area (Å²) in [6.07, 6.45) is 0.728. The van der Waals surface area contributed by atoms with Crippen LogP contribution in [0.1, 0.15) is 34.8 Å². The van der Waals surface area contributed by atoms with Gasteiger partial charge in [-0.05, 0) is 30.2 Å². The van der Waals surface area contributed by atoms with Crippen LogP contribution in [0, 0.1) is 11.3 Å². The van der Waals surface area contributed by atoms with Gasteiger partial charge in [0.25, 0.3) is 5.91 Å². The Hall–Kier alpha value is -2.64. The Kier molecular flexibility index (Phi) is 5.51. The minimum Gasteiger partial charge on any atom is -0.372 e. The molecule has 0 radical (unpaired) electrons. The highest BCUT2D eigenvalue weighted by atomic mass is 16.5. The van der Waals surface area contributed by atoms with E-state index in [4.69, 9.17) is 10.00 Å². The van der Waals surface area contributed by atoms with E-state index < -0.39 is 5.60 Å². The smallest absolute Gasteiger partial charge is 0.251 e. The molecule has 2 aromatic carbocycles. The van der Waals surface area contributed by atoms with Gasteiger partial charge in [0.05, 0.1) is 18.2 Å². The summed E-state index contributed by atoms with van der Waals surface area (Å²) in [7, 11) is 1.65. The first-order chi connectivity index (χ1) is 11.1. The second-order valence-electron chi connectivity index (χ2n) is 5.29. The molecule has 4 nitrogen and oxygen atoms in total. The molecule has 0 spiro atoms. The van der Waals surface area contributed by atoms with Crippen LogP contribution in [0.2, 0.25) is 0 Å². The zero-order chi connectivity index (χ0) is 16.7.